The van der Waals surface area contributed by atoms with E-state index < -0.39 is 6.04 Å². The molecule has 1 saturated heterocycles. The number of carbonyl (C=O) groups is 1. The van der Waals surface area contributed by atoms with Gasteiger partial charge in [-0.05, 0) is 12.5 Å². The van der Waals surface area contributed by atoms with Crippen molar-refractivity contribution < 1.29 is 4.79 Å². The SMILES string of the molecule is C#CCN1C(=O)NC(=N)C1c1cccc(C)c1. The monoisotopic (exact) mass is 227 g/mol. The summed E-state index contributed by atoms with van der Waals surface area (Å²) in [4.78, 5) is 13.1. The zero-order valence-corrected chi connectivity index (χ0v) is 9.53. The summed E-state index contributed by atoms with van der Waals surface area (Å²) in [5.41, 5.74) is 2.00. The first-order valence-electron chi connectivity index (χ1n) is 5.29. The molecule has 1 atom stereocenters. The fraction of sp³-hybridized carbons (Fsp3) is 0.231. The van der Waals surface area contributed by atoms with Gasteiger partial charge in [-0.2, -0.15) is 0 Å². The molecule has 4 nitrogen and oxygen atoms in total. The smallest absolute Gasteiger partial charge is 0.299 e. The Morgan fingerprint density at radius 3 is 3.00 bits per heavy atom. The molecule has 1 heterocycles. The Morgan fingerprint density at radius 2 is 2.35 bits per heavy atom. The molecule has 1 unspecified atom stereocenters. The van der Waals surface area contributed by atoms with E-state index in [1.807, 2.05) is 31.2 Å². The van der Waals surface area contributed by atoms with E-state index in [-0.39, 0.29) is 18.4 Å². The highest BCUT2D eigenvalue weighted by atomic mass is 16.2. The van der Waals surface area contributed by atoms with Crippen LogP contribution in [0.1, 0.15) is 17.2 Å². The van der Waals surface area contributed by atoms with Gasteiger partial charge in [-0.3, -0.25) is 15.6 Å². The molecule has 1 aliphatic heterocycles. The number of rotatable bonds is 2. The third-order valence-corrected chi connectivity index (χ3v) is 2.71. The van der Waals surface area contributed by atoms with Crippen LogP contribution in [0.4, 0.5) is 4.79 Å². The Morgan fingerprint density at radius 1 is 1.59 bits per heavy atom. The van der Waals surface area contributed by atoms with Gasteiger partial charge in [-0.15, -0.1) is 6.42 Å². The van der Waals surface area contributed by atoms with E-state index in [1.54, 1.807) is 0 Å². The number of hydrogen-bond acceptors (Lipinski definition) is 2. The lowest BCUT2D eigenvalue weighted by atomic mass is 10.0. The molecule has 1 aromatic carbocycles. The molecule has 17 heavy (non-hydrogen) atoms. The van der Waals surface area contributed by atoms with Crippen LogP contribution in [0.3, 0.4) is 0 Å². The molecule has 0 aliphatic carbocycles. The second-order valence-electron chi connectivity index (χ2n) is 3.99. The standard InChI is InChI=1S/C13H13N3O/c1-3-7-16-11(12(14)15-13(16)17)10-6-4-5-9(2)8-10/h1,4-6,8,11H,7H2,2H3,(H2,14,15,17). The fourth-order valence-electron chi connectivity index (χ4n) is 1.98. The lowest BCUT2D eigenvalue weighted by molar-refractivity contribution is 0.212. The van der Waals surface area contributed by atoms with Gasteiger partial charge in [0.15, 0.2) is 0 Å². The summed E-state index contributed by atoms with van der Waals surface area (Å²) in [6, 6.07) is 7.05. The maximum atomic E-state index is 11.6. The number of amides is 2. The zero-order chi connectivity index (χ0) is 12.4. The Kier molecular flexibility index (Phi) is 2.84. The van der Waals surface area contributed by atoms with E-state index in [9.17, 15) is 4.79 Å². The minimum Gasteiger partial charge on any atom is -0.299 e. The quantitative estimate of drug-likeness (QED) is 0.742. The number of aryl methyl sites for hydroxylation is 1. The lowest BCUT2D eigenvalue weighted by Crippen LogP contribution is -2.30. The summed E-state index contributed by atoms with van der Waals surface area (Å²) in [7, 11) is 0. The van der Waals surface area contributed by atoms with Gasteiger partial charge < -0.3 is 0 Å². The van der Waals surface area contributed by atoms with Crippen molar-refractivity contribution in [2.75, 3.05) is 6.54 Å². The molecule has 0 radical (unpaired) electrons. The van der Waals surface area contributed by atoms with Crippen LogP contribution in [-0.4, -0.2) is 23.3 Å². The fourth-order valence-corrected chi connectivity index (χ4v) is 1.98. The molecule has 4 heteroatoms. The predicted octanol–water partition coefficient (Wildman–Crippen LogP) is 1.67. The maximum absolute atomic E-state index is 11.6. The van der Waals surface area contributed by atoms with Gasteiger partial charge in [0, 0.05) is 0 Å². The van der Waals surface area contributed by atoms with E-state index in [4.69, 9.17) is 11.8 Å². The van der Waals surface area contributed by atoms with Crippen LogP contribution in [0.25, 0.3) is 0 Å². The van der Waals surface area contributed by atoms with E-state index in [0.29, 0.717) is 0 Å². The van der Waals surface area contributed by atoms with Gasteiger partial charge in [0.1, 0.15) is 11.9 Å². The molecule has 0 spiro atoms. The Labute approximate surface area is 100 Å². The average molecular weight is 227 g/mol. The summed E-state index contributed by atoms with van der Waals surface area (Å²) >= 11 is 0. The largest absolute Gasteiger partial charge is 0.324 e. The van der Waals surface area contributed by atoms with Gasteiger partial charge in [0.25, 0.3) is 0 Å². The first-order valence-corrected chi connectivity index (χ1v) is 5.29. The minimum atomic E-state index is -0.390. The highest BCUT2D eigenvalue weighted by Gasteiger charge is 2.36. The van der Waals surface area contributed by atoms with Gasteiger partial charge in [0.05, 0.1) is 6.54 Å². The molecule has 1 aromatic rings. The molecule has 1 aliphatic rings. The number of carbonyl (C=O) groups excluding carboxylic acids is 1. The van der Waals surface area contributed by atoms with Crippen LogP contribution in [0.2, 0.25) is 0 Å². The maximum Gasteiger partial charge on any atom is 0.324 e. The molecule has 86 valence electrons. The summed E-state index contributed by atoms with van der Waals surface area (Å²) in [6.45, 7) is 2.18. The number of urea groups is 1. The number of benzene rings is 1. The van der Waals surface area contributed by atoms with Crippen molar-refractivity contribution in [2.45, 2.75) is 13.0 Å². The van der Waals surface area contributed by atoms with Crippen molar-refractivity contribution in [3.63, 3.8) is 0 Å². The summed E-state index contributed by atoms with van der Waals surface area (Å²) < 4.78 is 0. The summed E-state index contributed by atoms with van der Waals surface area (Å²) in [5.74, 6) is 2.62. The van der Waals surface area contributed by atoms with Crippen molar-refractivity contribution in [1.29, 1.82) is 5.41 Å². The lowest BCUT2D eigenvalue weighted by Gasteiger charge is -2.20. The molecule has 2 N–H and O–H groups in total. The first kappa shape index (κ1) is 11.2. The van der Waals surface area contributed by atoms with Crippen molar-refractivity contribution in [3.8, 4) is 12.3 Å². The second kappa shape index (κ2) is 4.30. The van der Waals surface area contributed by atoms with Crippen LogP contribution in [0.15, 0.2) is 24.3 Å². The first-order chi connectivity index (χ1) is 8.13. The van der Waals surface area contributed by atoms with E-state index in [2.05, 4.69) is 11.2 Å². The Balaban J connectivity index is 2.38. The zero-order valence-electron chi connectivity index (χ0n) is 9.53. The van der Waals surface area contributed by atoms with Crippen molar-refractivity contribution in [3.05, 3.63) is 35.4 Å². The molecule has 1 fully saturated rings. The number of amidine groups is 1. The number of nitrogens with zero attached hydrogens (tertiary/aromatic N) is 1. The molecular formula is C13H13N3O. The summed E-state index contributed by atoms with van der Waals surface area (Å²) in [5, 5.41) is 10.3. The van der Waals surface area contributed by atoms with Crippen LogP contribution in [0.5, 0.6) is 0 Å². The second-order valence-corrected chi connectivity index (χ2v) is 3.99. The number of terminal acetylenes is 1. The van der Waals surface area contributed by atoms with Gasteiger partial charge >= 0.3 is 6.03 Å². The Bertz CT molecular complexity index is 516. The highest BCUT2D eigenvalue weighted by molar-refractivity contribution is 6.06. The van der Waals surface area contributed by atoms with Gasteiger partial charge in [0.2, 0.25) is 0 Å². The molecule has 0 saturated carbocycles. The highest BCUT2D eigenvalue weighted by Crippen LogP contribution is 2.25. The van der Waals surface area contributed by atoms with Crippen molar-refractivity contribution >= 4 is 11.9 Å². The Hall–Kier alpha value is -2.28. The van der Waals surface area contributed by atoms with Crippen LogP contribution < -0.4 is 5.32 Å². The van der Waals surface area contributed by atoms with E-state index >= 15 is 0 Å². The van der Waals surface area contributed by atoms with Gasteiger partial charge in [-0.1, -0.05) is 35.7 Å². The van der Waals surface area contributed by atoms with Crippen LogP contribution in [-0.2, 0) is 0 Å². The van der Waals surface area contributed by atoms with Crippen molar-refractivity contribution in [1.82, 2.24) is 10.2 Å². The normalized spacial score (nSPS) is 19.1. The van der Waals surface area contributed by atoms with Crippen LogP contribution in [0, 0.1) is 24.7 Å². The number of hydrogen-bond donors (Lipinski definition) is 2. The molecule has 0 aromatic heterocycles. The van der Waals surface area contributed by atoms with E-state index in [0.717, 1.165) is 11.1 Å². The van der Waals surface area contributed by atoms with Crippen LogP contribution >= 0.6 is 0 Å². The molecule has 2 rings (SSSR count). The van der Waals surface area contributed by atoms with Crippen molar-refractivity contribution in [2.24, 2.45) is 0 Å². The summed E-state index contributed by atoms with van der Waals surface area (Å²) in [6.07, 6.45) is 5.24. The topological polar surface area (TPSA) is 56.2 Å². The molecule has 2 amide bonds. The molecular weight excluding hydrogens is 214 g/mol. The predicted molar refractivity (Wildman–Crippen MR) is 65.7 cm³/mol. The third kappa shape index (κ3) is 2.00. The molecule has 0 bridgehead atoms. The third-order valence-electron chi connectivity index (χ3n) is 2.71. The average Bonchev–Trinajstić information content (AvgIpc) is 2.54. The number of nitrogens with one attached hydrogen (secondary N) is 2. The minimum absolute atomic E-state index is 0.177. The van der Waals surface area contributed by atoms with E-state index in [1.165, 1.54) is 4.90 Å². The van der Waals surface area contributed by atoms with Gasteiger partial charge in [-0.25, -0.2) is 4.79 Å².